The van der Waals surface area contributed by atoms with Crippen molar-refractivity contribution < 1.29 is 14.3 Å². The zero-order chi connectivity index (χ0) is 18.5. The van der Waals surface area contributed by atoms with Crippen molar-refractivity contribution in [3.8, 4) is 5.75 Å². The summed E-state index contributed by atoms with van der Waals surface area (Å²) in [6.07, 6.45) is 4.98. The minimum Gasteiger partial charge on any atom is -0.497 e. The molecule has 0 saturated carbocycles. The third-order valence-corrected chi connectivity index (χ3v) is 4.78. The fourth-order valence-corrected chi connectivity index (χ4v) is 3.60. The minimum absolute atomic E-state index is 0.0639. The van der Waals surface area contributed by atoms with Gasteiger partial charge in [-0.1, -0.05) is 54.1 Å². The van der Waals surface area contributed by atoms with E-state index >= 15 is 0 Å². The van der Waals surface area contributed by atoms with Crippen LogP contribution < -0.4 is 4.74 Å². The Morgan fingerprint density at radius 3 is 2.19 bits per heavy atom. The first-order valence-electron chi connectivity index (χ1n) is 8.84. The molecule has 2 aromatic rings. The Hall–Kier alpha value is -2.81. The fourth-order valence-electron chi connectivity index (χ4n) is 3.60. The Morgan fingerprint density at radius 1 is 0.923 bits per heavy atom. The first-order chi connectivity index (χ1) is 12.6. The molecule has 0 aromatic heterocycles. The molecule has 0 bridgehead atoms. The van der Waals surface area contributed by atoms with Crippen LogP contribution in [0.4, 0.5) is 0 Å². The van der Waals surface area contributed by atoms with Crippen LogP contribution in [-0.4, -0.2) is 13.1 Å². The highest BCUT2D eigenvalue weighted by Gasteiger charge is 2.32. The molecule has 0 heterocycles. The van der Waals surface area contributed by atoms with Gasteiger partial charge in [-0.25, -0.2) is 0 Å². The molecule has 0 fully saturated rings. The summed E-state index contributed by atoms with van der Waals surface area (Å²) in [5.41, 5.74) is 3.58. The molecule has 0 saturated heterocycles. The molecule has 2 aromatic carbocycles. The summed E-state index contributed by atoms with van der Waals surface area (Å²) < 4.78 is 10.9. The zero-order valence-electron chi connectivity index (χ0n) is 15.4. The average molecular weight is 348 g/mol. The largest absolute Gasteiger partial charge is 0.497 e. The van der Waals surface area contributed by atoms with E-state index in [9.17, 15) is 4.79 Å². The van der Waals surface area contributed by atoms with Crippen LogP contribution in [0.15, 0.2) is 78.1 Å². The first-order valence-corrected chi connectivity index (χ1v) is 8.84. The highest BCUT2D eigenvalue weighted by Crippen LogP contribution is 2.45. The van der Waals surface area contributed by atoms with Gasteiger partial charge >= 0.3 is 5.97 Å². The van der Waals surface area contributed by atoms with E-state index in [-0.39, 0.29) is 17.8 Å². The van der Waals surface area contributed by atoms with Crippen molar-refractivity contribution >= 4 is 5.97 Å². The van der Waals surface area contributed by atoms with Crippen molar-refractivity contribution in [3.63, 3.8) is 0 Å². The second kappa shape index (κ2) is 8.05. The molecule has 26 heavy (non-hydrogen) atoms. The van der Waals surface area contributed by atoms with Crippen LogP contribution in [-0.2, 0) is 9.53 Å². The molecule has 0 aliphatic heterocycles. The lowest BCUT2D eigenvalue weighted by atomic mass is 9.77. The predicted octanol–water partition coefficient (Wildman–Crippen LogP) is 5.36. The summed E-state index contributed by atoms with van der Waals surface area (Å²) in [6.45, 7) is 3.60. The quantitative estimate of drug-likeness (QED) is 0.551. The summed E-state index contributed by atoms with van der Waals surface area (Å²) in [7, 11) is 1.66. The minimum atomic E-state index is -0.291. The second-order valence-corrected chi connectivity index (χ2v) is 6.52. The van der Waals surface area contributed by atoms with Gasteiger partial charge < -0.3 is 9.47 Å². The van der Waals surface area contributed by atoms with E-state index in [0.29, 0.717) is 5.76 Å². The van der Waals surface area contributed by atoms with Crippen molar-refractivity contribution in [3.05, 3.63) is 89.2 Å². The van der Waals surface area contributed by atoms with Gasteiger partial charge in [0.05, 0.1) is 13.0 Å². The highest BCUT2D eigenvalue weighted by molar-refractivity contribution is 5.68. The molecule has 1 aliphatic carbocycles. The highest BCUT2D eigenvalue weighted by atomic mass is 16.5. The molecule has 0 unspecified atom stereocenters. The number of hydrogen-bond donors (Lipinski definition) is 0. The average Bonchev–Trinajstić information content (AvgIpc) is 2.81. The van der Waals surface area contributed by atoms with Crippen LogP contribution in [0, 0.1) is 0 Å². The number of esters is 1. The van der Waals surface area contributed by atoms with E-state index < -0.39 is 0 Å². The number of benzene rings is 2. The van der Waals surface area contributed by atoms with Gasteiger partial charge in [0, 0.05) is 12.8 Å². The van der Waals surface area contributed by atoms with Crippen molar-refractivity contribution in [2.24, 2.45) is 0 Å². The van der Waals surface area contributed by atoms with Gasteiger partial charge in [0.1, 0.15) is 11.5 Å². The van der Waals surface area contributed by atoms with Gasteiger partial charge in [0.2, 0.25) is 0 Å². The van der Waals surface area contributed by atoms with Crippen LogP contribution in [0.5, 0.6) is 5.75 Å². The van der Waals surface area contributed by atoms with Crippen LogP contribution in [0.3, 0.4) is 0 Å². The van der Waals surface area contributed by atoms with E-state index in [1.165, 1.54) is 18.1 Å². The van der Waals surface area contributed by atoms with E-state index in [2.05, 4.69) is 37.3 Å². The van der Waals surface area contributed by atoms with Crippen LogP contribution in [0.2, 0.25) is 0 Å². The molecule has 3 nitrogen and oxygen atoms in total. The summed E-state index contributed by atoms with van der Waals surface area (Å²) in [6, 6.07) is 18.4. The molecule has 0 N–H and O–H groups in total. The lowest BCUT2D eigenvalue weighted by molar-refractivity contribution is -0.137. The third-order valence-electron chi connectivity index (χ3n) is 4.78. The first kappa shape index (κ1) is 18.0. The summed E-state index contributed by atoms with van der Waals surface area (Å²) in [5.74, 6) is 1.28. The third kappa shape index (κ3) is 3.88. The normalized spacial score (nSPS) is 19.8. The number of rotatable bonds is 4. The maximum atomic E-state index is 11.7. The van der Waals surface area contributed by atoms with Gasteiger partial charge in [0.25, 0.3) is 0 Å². The maximum absolute atomic E-state index is 11.7. The van der Waals surface area contributed by atoms with Gasteiger partial charge in [-0.05, 0) is 42.7 Å². The summed E-state index contributed by atoms with van der Waals surface area (Å²) in [4.78, 5) is 11.7. The molecular formula is C23H24O3. The van der Waals surface area contributed by atoms with Crippen molar-refractivity contribution in [2.45, 2.75) is 32.1 Å². The van der Waals surface area contributed by atoms with Crippen molar-refractivity contribution in [1.82, 2.24) is 0 Å². The number of hydrogen-bond acceptors (Lipinski definition) is 3. The molecular weight excluding hydrogens is 324 g/mol. The number of ether oxygens (including phenoxy) is 2. The van der Waals surface area contributed by atoms with Crippen molar-refractivity contribution in [2.75, 3.05) is 7.11 Å². The maximum Gasteiger partial charge on any atom is 0.307 e. The number of carbonyl (C=O) groups excluding carboxylic acids is 1. The molecule has 0 amide bonds. The van der Waals surface area contributed by atoms with Crippen LogP contribution in [0.1, 0.15) is 43.2 Å². The van der Waals surface area contributed by atoms with E-state index in [0.717, 1.165) is 17.7 Å². The topological polar surface area (TPSA) is 35.5 Å². The SMILES string of the molecule is COc1ccc([C@@H]2C(OC(C)=O)=CCC=C(C)[C@@H]2c2ccccc2)cc1. The molecule has 134 valence electrons. The van der Waals surface area contributed by atoms with Gasteiger partial charge in [-0.2, -0.15) is 0 Å². The predicted molar refractivity (Wildman–Crippen MR) is 103 cm³/mol. The Bertz CT molecular complexity index is 816. The van der Waals surface area contributed by atoms with Crippen LogP contribution >= 0.6 is 0 Å². The van der Waals surface area contributed by atoms with E-state index in [4.69, 9.17) is 9.47 Å². The van der Waals surface area contributed by atoms with E-state index in [1.54, 1.807) is 7.11 Å². The fraction of sp³-hybridized carbons (Fsp3) is 0.261. The lowest BCUT2D eigenvalue weighted by Crippen LogP contribution is -2.17. The molecule has 0 spiro atoms. The second-order valence-electron chi connectivity index (χ2n) is 6.52. The summed E-state index contributed by atoms with van der Waals surface area (Å²) in [5, 5.41) is 0. The molecule has 3 heteroatoms. The van der Waals surface area contributed by atoms with E-state index in [1.807, 2.05) is 36.4 Å². The Kier molecular flexibility index (Phi) is 5.57. The summed E-state index contributed by atoms with van der Waals surface area (Å²) >= 11 is 0. The molecule has 3 rings (SSSR count). The van der Waals surface area contributed by atoms with Crippen LogP contribution in [0.25, 0.3) is 0 Å². The monoisotopic (exact) mass is 348 g/mol. The molecule has 0 radical (unpaired) electrons. The molecule has 2 atom stereocenters. The Balaban J connectivity index is 2.12. The molecule has 1 aliphatic rings. The Labute approximate surface area is 155 Å². The lowest BCUT2D eigenvalue weighted by Gasteiger charge is -2.29. The van der Waals surface area contributed by atoms with Gasteiger partial charge in [0.15, 0.2) is 0 Å². The van der Waals surface area contributed by atoms with Gasteiger partial charge in [-0.3, -0.25) is 4.79 Å². The zero-order valence-corrected chi connectivity index (χ0v) is 15.4. The van der Waals surface area contributed by atoms with Gasteiger partial charge in [-0.15, -0.1) is 0 Å². The number of methoxy groups -OCH3 is 1. The number of carbonyl (C=O) groups is 1. The Morgan fingerprint density at radius 2 is 1.58 bits per heavy atom. The van der Waals surface area contributed by atoms with Crippen molar-refractivity contribution in [1.29, 1.82) is 0 Å². The smallest absolute Gasteiger partial charge is 0.307 e. The number of allylic oxidation sites excluding steroid dienone is 4. The standard InChI is InChI=1S/C23H24O3/c1-16-8-7-11-21(26-17(2)24)23(19-12-14-20(25-3)15-13-19)22(16)18-9-5-4-6-10-18/h4-6,8-15,22-23H,7H2,1-3H3/t22-,23-/m1/s1.